The third-order valence-electron chi connectivity index (χ3n) is 3.32. The Morgan fingerprint density at radius 3 is 2.90 bits per heavy atom. The summed E-state index contributed by atoms with van der Waals surface area (Å²) in [5.41, 5.74) is 1.87. The van der Waals surface area contributed by atoms with E-state index >= 15 is 0 Å². The van der Waals surface area contributed by atoms with Crippen molar-refractivity contribution in [3.63, 3.8) is 0 Å². The summed E-state index contributed by atoms with van der Waals surface area (Å²) in [6.45, 7) is -0.197. The van der Waals surface area contributed by atoms with Crippen LogP contribution in [0.2, 0.25) is 0 Å². The summed E-state index contributed by atoms with van der Waals surface area (Å²) in [4.78, 5) is 26.3. The van der Waals surface area contributed by atoms with Gasteiger partial charge in [0.1, 0.15) is 0 Å². The van der Waals surface area contributed by atoms with Gasteiger partial charge in [-0.05, 0) is 24.5 Å². The number of ether oxygens (including phenoxy) is 1. The first-order valence-electron chi connectivity index (χ1n) is 6.72. The van der Waals surface area contributed by atoms with Crippen molar-refractivity contribution in [1.82, 2.24) is 10.3 Å². The number of para-hydroxylation sites is 1. The third kappa shape index (κ3) is 2.99. The summed E-state index contributed by atoms with van der Waals surface area (Å²) in [6.07, 6.45) is 4.01. The predicted octanol–water partition coefficient (Wildman–Crippen LogP) is 1.53. The molecular weight excluding hydrogens is 256 g/mol. The van der Waals surface area contributed by atoms with Gasteiger partial charge in [0.15, 0.2) is 6.61 Å². The van der Waals surface area contributed by atoms with E-state index < -0.39 is 0 Å². The summed E-state index contributed by atoms with van der Waals surface area (Å²) < 4.78 is 4.99. The molecule has 2 aromatic rings. The van der Waals surface area contributed by atoms with Gasteiger partial charge in [0.25, 0.3) is 5.91 Å². The molecular formula is C15H16N2O3. The van der Waals surface area contributed by atoms with E-state index in [0.29, 0.717) is 0 Å². The van der Waals surface area contributed by atoms with E-state index in [9.17, 15) is 9.59 Å². The molecule has 2 N–H and O–H groups in total. The van der Waals surface area contributed by atoms with Gasteiger partial charge in [-0.15, -0.1) is 0 Å². The molecule has 1 aliphatic carbocycles. The Labute approximate surface area is 116 Å². The van der Waals surface area contributed by atoms with Crippen molar-refractivity contribution in [2.45, 2.75) is 25.3 Å². The van der Waals surface area contributed by atoms with Crippen LogP contribution in [-0.2, 0) is 20.7 Å². The lowest BCUT2D eigenvalue weighted by atomic mass is 10.1. The summed E-state index contributed by atoms with van der Waals surface area (Å²) in [5.74, 6) is -0.611. The van der Waals surface area contributed by atoms with Gasteiger partial charge in [-0.3, -0.25) is 9.59 Å². The van der Waals surface area contributed by atoms with Crippen LogP contribution in [0.25, 0.3) is 10.9 Å². The number of nitrogens with one attached hydrogen (secondary N) is 2. The van der Waals surface area contributed by atoms with Gasteiger partial charge in [-0.1, -0.05) is 18.2 Å². The van der Waals surface area contributed by atoms with Crippen LogP contribution in [0.1, 0.15) is 18.4 Å². The van der Waals surface area contributed by atoms with E-state index in [1.54, 1.807) is 6.20 Å². The number of H-pyrrole nitrogens is 1. The highest BCUT2D eigenvalue weighted by Crippen LogP contribution is 2.19. The molecule has 0 spiro atoms. The zero-order valence-corrected chi connectivity index (χ0v) is 11.0. The Bertz CT molecular complexity index is 643. The Hall–Kier alpha value is -2.30. The number of hydrogen-bond acceptors (Lipinski definition) is 3. The van der Waals surface area contributed by atoms with Crippen molar-refractivity contribution >= 4 is 22.8 Å². The van der Waals surface area contributed by atoms with Crippen LogP contribution >= 0.6 is 0 Å². The first kappa shape index (κ1) is 12.7. The molecule has 0 bridgehead atoms. The second kappa shape index (κ2) is 5.36. The Morgan fingerprint density at radius 1 is 1.30 bits per heavy atom. The molecule has 20 heavy (non-hydrogen) atoms. The van der Waals surface area contributed by atoms with E-state index in [0.717, 1.165) is 29.3 Å². The number of esters is 1. The maximum Gasteiger partial charge on any atom is 0.310 e. The van der Waals surface area contributed by atoms with Crippen molar-refractivity contribution in [3.8, 4) is 0 Å². The van der Waals surface area contributed by atoms with Crippen LogP contribution in [0.3, 0.4) is 0 Å². The van der Waals surface area contributed by atoms with Gasteiger partial charge in [-0.2, -0.15) is 0 Å². The van der Waals surface area contributed by atoms with Gasteiger partial charge in [-0.25, -0.2) is 0 Å². The lowest BCUT2D eigenvalue weighted by Gasteiger charge is -2.05. The average Bonchev–Trinajstić information content (AvgIpc) is 3.17. The molecule has 1 heterocycles. The largest absolute Gasteiger partial charge is 0.455 e. The average molecular weight is 272 g/mol. The van der Waals surface area contributed by atoms with Gasteiger partial charge >= 0.3 is 5.97 Å². The topological polar surface area (TPSA) is 71.2 Å². The highest BCUT2D eigenvalue weighted by molar-refractivity contribution is 5.88. The molecule has 1 aliphatic rings. The molecule has 1 aromatic carbocycles. The molecule has 3 rings (SSSR count). The van der Waals surface area contributed by atoms with Crippen LogP contribution in [0.4, 0.5) is 0 Å². The van der Waals surface area contributed by atoms with Gasteiger partial charge < -0.3 is 15.0 Å². The number of rotatable bonds is 5. The fraction of sp³-hybridized carbons (Fsp3) is 0.333. The number of carbonyl (C=O) groups is 2. The second-order valence-electron chi connectivity index (χ2n) is 5.04. The van der Waals surface area contributed by atoms with Crippen LogP contribution in [0.5, 0.6) is 0 Å². The molecule has 0 unspecified atom stereocenters. The number of carbonyl (C=O) groups excluding carboxylic acids is 2. The SMILES string of the molecule is O=C(COC(=O)Cc1c[nH]c2ccccc12)NC1CC1. The quantitative estimate of drug-likeness (QED) is 0.811. The van der Waals surface area contributed by atoms with E-state index in [1.807, 2.05) is 24.3 Å². The minimum Gasteiger partial charge on any atom is -0.455 e. The number of hydrogen-bond donors (Lipinski definition) is 2. The maximum atomic E-state index is 11.7. The fourth-order valence-electron chi connectivity index (χ4n) is 2.13. The number of benzene rings is 1. The Morgan fingerprint density at radius 2 is 2.10 bits per heavy atom. The first-order chi connectivity index (χ1) is 9.72. The zero-order valence-electron chi connectivity index (χ0n) is 11.0. The van der Waals surface area contributed by atoms with Crippen molar-refractivity contribution in [2.24, 2.45) is 0 Å². The van der Waals surface area contributed by atoms with Crippen molar-refractivity contribution in [1.29, 1.82) is 0 Å². The predicted molar refractivity (Wildman–Crippen MR) is 74.1 cm³/mol. The molecule has 5 nitrogen and oxygen atoms in total. The molecule has 1 amide bonds. The summed E-state index contributed by atoms with van der Waals surface area (Å²) in [5, 5.41) is 3.78. The van der Waals surface area contributed by atoms with Crippen LogP contribution in [-0.4, -0.2) is 29.5 Å². The van der Waals surface area contributed by atoms with Gasteiger partial charge in [0, 0.05) is 23.1 Å². The van der Waals surface area contributed by atoms with Crippen LogP contribution in [0, 0.1) is 0 Å². The summed E-state index contributed by atoms with van der Waals surface area (Å²) >= 11 is 0. The standard InChI is InChI=1S/C15H16N2O3/c18-14(17-11-5-6-11)9-20-15(19)7-10-8-16-13-4-2-1-3-12(10)13/h1-4,8,11,16H,5-7,9H2,(H,17,18). The molecule has 0 aliphatic heterocycles. The number of amides is 1. The fourth-order valence-corrected chi connectivity index (χ4v) is 2.13. The normalized spacial score (nSPS) is 14.2. The molecule has 5 heteroatoms. The zero-order chi connectivity index (χ0) is 13.9. The lowest BCUT2D eigenvalue weighted by molar-refractivity contribution is -0.147. The highest BCUT2D eigenvalue weighted by Gasteiger charge is 2.23. The minimum atomic E-state index is -0.388. The number of aromatic amines is 1. The summed E-state index contributed by atoms with van der Waals surface area (Å²) in [7, 11) is 0. The molecule has 0 saturated heterocycles. The van der Waals surface area contributed by atoms with Gasteiger partial charge in [0.2, 0.25) is 0 Å². The van der Waals surface area contributed by atoms with E-state index in [1.165, 1.54) is 0 Å². The monoisotopic (exact) mass is 272 g/mol. The van der Waals surface area contributed by atoms with Crippen molar-refractivity contribution < 1.29 is 14.3 Å². The maximum absolute atomic E-state index is 11.7. The van der Waals surface area contributed by atoms with E-state index in [2.05, 4.69) is 10.3 Å². The Balaban J connectivity index is 1.54. The highest BCUT2D eigenvalue weighted by atomic mass is 16.5. The molecule has 0 radical (unpaired) electrons. The third-order valence-corrected chi connectivity index (χ3v) is 3.32. The van der Waals surface area contributed by atoms with E-state index in [-0.39, 0.29) is 30.9 Å². The smallest absolute Gasteiger partial charge is 0.310 e. The Kier molecular flexibility index (Phi) is 3.41. The first-order valence-corrected chi connectivity index (χ1v) is 6.72. The minimum absolute atomic E-state index is 0.167. The second-order valence-corrected chi connectivity index (χ2v) is 5.04. The number of fused-ring (bicyclic) bond motifs is 1. The molecule has 1 aromatic heterocycles. The number of aromatic nitrogens is 1. The van der Waals surface area contributed by atoms with Crippen LogP contribution < -0.4 is 5.32 Å². The molecule has 0 atom stereocenters. The summed E-state index contributed by atoms with van der Waals surface area (Å²) in [6, 6.07) is 8.05. The molecule has 1 fully saturated rings. The van der Waals surface area contributed by atoms with Crippen molar-refractivity contribution in [2.75, 3.05) is 6.61 Å². The van der Waals surface area contributed by atoms with E-state index in [4.69, 9.17) is 4.74 Å². The van der Waals surface area contributed by atoms with Crippen molar-refractivity contribution in [3.05, 3.63) is 36.0 Å². The molecule has 1 saturated carbocycles. The molecule has 104 valence electrons. The van der Waals surface area contributed by atoms with Gasteiger partial charge in [0.05, 0.1) is 6.42 Å². The van der Waals surface area contributed by atoms with Crippen LogP contribution in [0.15, 0.2) is 30.5 Å². The lowest BCUT2D eigenvalue weighted by Crippen LogP contribution is -2.30.